The second-order valence-electron chi connectivity index (χ2n) is 4.59. The second kappa shape index (κ2) is 7.20. The van der Waals surface area contributed by atoms with Gasteiger partial charge in [0.15, 0.2) is 0 Å². The van der Waals surface area contributed by atoms with E-state index in [2.05, 4.69) is 72.3 Å². The minimum Gasteiger partial charge on any atom is -0.312 e. The number of aryl methyl sites for hydroxylation is 2. The molecule has 0 saturated carbocycles. The average Bonchev–Trinajstić information content (AvgIpc) is 3.00. The maximum absolute atomic E-state index is 4.67. The topological polar surface area (TPSA) is 29.9 Å². The molecular weight excluding hydrogens is 402 g/mol. The molecule has 6 heteroatoms. The summed E-state index contributed by atoms with van der Waals surface area (Å²) in [6.07, 6.45) is 1.89. The Labute approximate surface area is 141 Å². The highest BCUT2D eigenvalue weighted by molar-refractivity contribution is 9.10. The first-order valence-electron chi connectivity index (χ1n) is 6.75. The predicted octanol–water partition coefficient (Wildman–Crippen LogP) is 4.56. The first-order valence-corrected chi connectivity index (χ1v) is 9.22. The van der Waals surface area contributed by atoms with Gasteiger partial charge in [0.1, 0.15) is 0 Å². The van der Waals surface area contributed by atoms with Crippen LogP contribution in [0.25, 0.3) is 0 Å². The van der Waals surface area contributed by atoms with Crippen molar-refractivity contribution in [3.8, 4) is 0 Å². The first kappa shape index (κ1) is 16.2. The fourth-order valence-corrected chi connectivity index (χ4v) is 4.54. The van der Waals surface area contributed by atoms with Crippen LogP contribution in [0.15, 0.2) is 20.4 Å². The van der Waals surface area contributed by atoms with Crippen LogP contribution in [0.4, 0.5) is 0 Å². The zero-order valence-electron chi connectivity index (χ0n) is 11.9. The number of hydrogen-bond donors (Lipinski definition) is 1. The molecule has 0 amide bonds. The van der Waals surface area contributed by atoms with Gasteiger partial charge in [-0.15, -0.1) is 11.3 Å². The lowest BCUT2D eigenvalue weighted by atomic mass is 10.1. The van der Waals surface area contributed by atoms with Crippen LogP contribution in [-0.4, -0.2) is 16.8 Å². The first-order chi connectivity index (χ1) is 9.60. The molecule has 2 heterocycles. The molecule has 0 spiro atoms. The molecule has 2 rings (SSSR count). The number of thiophene rings is 1. The lowest BCUT2D eigenvalue weighted by molar-refractivity contribution is 0.545. The molecular formula is C14H19Br2N3S. The Morgan fingerprint density at radius 1 is 1.40 bits per heavy atom. The normalized spacial score (nSPS) is 12.8. The van der Waals surface area contributed by atoms with Crippen LogP contribution in [0.5, 0.6) is 0 Å². The van der Waals surface area contributed by atoms with E-state index in [1.165, 1.54) is 10.6 Å². The van der Waals surface area contributed by atoms with Gasteiger partial charge in [0.05, 0.1) is 15.9 Å². The summed E-state index contributed by atoms with van der Waals surface area (Å²) in [4.78, 5) is 1.34. The largest absolute Gasteiger partial charge is 0.312 e. The summed E-state index contributed by atoms with van der Waals surface area (Å²) in [6, 6.07) is 2.50. The van der Waals surface area contributed by atoms with E-state index in [9.17, 15) is 0 Å². The third-order valence-electron chi connectivity index (χ3n) is 3.37. The maximum Gasteiger partial charge on any atom is 0.0766 e. The lowest BCUT2D eigenvalue weighted by Crippen LogP contribution is -2.19. The zero-order chi connectivity index (χ0) is 14.7. The molecule has 0 aliphatic carbocycles. The van der Waals surface area contributed by atoms with E-state index in [0.29, 0.717) is 6.04 Å². The molecule has 110 valence electrons. The fraction of sp³-hybridized carbons (Fsp3) is 0.500. The zero-order valence-corrected chi connectivity index (χ0v) is 15.9. The van der Waals surface area contributed by atoms with Gasteiger partial charge in [-0.05, 0) is 58.3 Å². The molecule has 1 N–H and O–H groups in total. The summed E-state index contributed by atoms with van der Waals surface area (Å²) >= 11 is 9.03. The highest BCUT2D eigenvalue weighted by atomic mass is 79.9. The number of hydrogen-bond acceptors (Lipinski definition) is 3. The van der Waals surface area contributed by atoms with Gasteiger partial charge < -0.3 is 5.32 Å². The Hall–Kier alpha value is -0.170. The van der Waals surface area contributed by atoms with Crippen LogP contribution < -0.4 is 5.32 Å². The van der Waals surface area contributed by atoms with Crippen LogP contribution in [0.3, 0.4) is 0 Å². The van der Waals surface area contributed by atoms with Gasteiger partial charge in [0.2, 0.25) is 0 Å². The summed E-state index contributed by atoms with van der Waals surface area (Å²) in [6.45, 7) is 5.18. The van der Waals surface area contributed by atoms with Gasteiger partial charge in [-0.2, -0.15) is 5.10 Å². The molecule has 20 heavy (non-hydrogen) atoms. The molecule has 0 saturated heterocycles. The number of nitrogens with zero attached hydrogens (tertiary/aromatic N) is 2. The Kier molecular flexibility index (Phi) is 5.84. The number of rotatable bonds is 6. The Morgan fingerprint density at radius 2 is 2.15 bits per heavy atom. The summed E-state index contributed by atoms with van der Waals surface area (Å²) < 4.78 is 4.42. The van der Waals surface area contributed by atoms with Crippen molar-refractivity contribution in [1.29, 1.82) is 0 Å². The van der Waals surface area contributed by atoms with E-state index in [1.807, 2.05) is 7.05 Å². The van der Waals surface area contributed by atoms with Gasteiger partial charge in [-0.25, -0.2) is 0 Å². The molecule has 1 unspecified atom stereocenters. The Bertz CT molecular complexity index is 577. The molecule has 0 aliphatic heterocycles. The number of aromatic nitrogens is 2. The SMILES string of the molecule is CCc1nn(CC)c(CC(NC)c2cc(Br)cs2)c1Br. The van der Waals surface area contributed by atoms with Crippen molar-refractivity contribution in [3.05, 3.63) is 36.7 Å². The van der Waals surface area contributed by atoms with Gasteiger partial charge in [0, 0.05) is 33.7 Å². The van der Waals surface area contributed by atoms with Gasteiger partial charge in [-0.3, -0.25) is 4.68 Å². The quantitative estimate of drug-likeness (QED) is 0.742. The highest BCUT2D eigenvalue weighted by Crippen LogP contribution is 2.31. The van der Waals surface area contributed by atoms with Crippen LogP contribution >= 0.6 is 43.2 Å². The predicted molar refractivity (Wildman–Crippen MR) is 92.5 cm³/mol. The highest BCUT2D eigenvalue weighted by Gasteiger charge is 2.19. The van der Waals surface area contributed by atoms with Crippen molar-refractivity contribution < 1.29 is 0 Å². The monoisotopic (exact) mass is 419 g/mol. The van der Waals surface area contributed by atoms with Crippen molar-refractivity contribution in [2.45, 2.75) is 39.3 Å². The van der Waals surface area contributed by atoms with Crippen molar-refractivity contribution in [2.75, 3.05) is 7.05 Å². The molecule has 0 fully saturated rings. The number of halogens is 2. The molecule has 3 nitrogen and oxygen atoms in total. The van der Waals surface area contributed by atoms with E-state index >= 15 is 0 Å². The number of nitrogens with one attached hydrogen (secondary N) is 1. The second-order valence-corrected chi connectivity index (χ2v) is 7.24. The average molecular weight is 421 g/mol. The molecule has 0 aliphatic rings. The number of likely N-dealkylation sites (N-methyl/N-ethyl adjacent to an activating group) is 1. The van der Waals surface area contributed by atoms with Crippen LogP contribution in [0, 0.1) is 0 Å². The van der Waals surface area contributed by atoms with E-state index in [4.69, 9.17) is 0 Å². The lowest BCUT2D eigenvalue weighted by Gasteiger charge is -2.15. The minimum atomic E-state index is 0.314. The standard InChI is InChI=1S/C14H19Br2N3S/c1-4-10-14(16)12(19(5-2)18-10)7-11(17-3)13-6-9(15)8-20-13/h6,8,11,17H,4-5,7H2,1-3H3. The molecule has 0 aromatic carbocycles. The van der Waals surface area contributed by atoms with E-state index in [-0.39, 0.29) is 0 Å². The van der Waals surface area contributed by atoms with E-state index in [0.717, 1.165) is 34.0 Å². The summed E-state index contributed by atoms with van der Waals surface area (Å²) in [5, 5.41) is 10.2. The van der Waals surface area contributed by atoms with Gasteiger partial charge in [0.25, 0.3) is 0 Å². The summed E-state index contributed by atoms with van der Waals surface area (Å²) in [5.41, 5.74) is 2.41. The Morgan fingerprint density at radius 3 is 2.65 bits per heavy atom. The fourth-order valence-electron chi connectivity index (χ4n) is 2.26. The van der Waals surface area contributed by atoms with Crippen molar-refractivity contribution >= 4 is 43.2 Å². The van der Waals surface area contributed by atoms with E-state index in [1.54, 1.807) is 11.3 Å². The van der Waals surface area contributed by atoms with E-state index < -0.39 is 0 Å². The Balaban J connectivity index is 2.29. The molecule has 0 radical (unpaired) electrons. The van der Waals surface area contributed by atoms with Gasteiger partial charge in [-0.1, -0.05) is 6.92 Å². The molecule has 2 aromatic rings. The van der Waals surface area contributed by atoms with Gasteiger partial charge >= 0.3 is 0 Å². The third kappa shape index (κ3) is 3.35. The summed E-state index contributed by atoms with van der Waals surface area (Å²) in [7, 11) is 2.01. The maximum atomic E-state index is 4.67. The van der Waals surface area contributed by atoms with Crippen LogP contribution in [0.2, 0.25) is 0 Å². The smallest absolute Gasteiger partial charge is 0.0766 e. The van der Waals surface area contributed by atoms with Crippen LogP contribution in [-0.2, 0) is 19.4 Å². The van der Waals surface area contributed by atoms with Crippen molar-refractivity contribution in [2.24, 2.45) is 0 Å². The summed E-state index contributed by atoms with van der Waals surface area (Å²) in [5.74, 6) is 0. The molecule has 1 atom stereocenters. The molecule has 0 bridgehead atoms. The van der Waals surface area contributed by atoms with Crippen molar-refractivity contribution in [3.63, 3.8) is 0 Å². The third-order valence-corrected chi connectivity index (χ3v) is 6.09. The van der Waals surface area contributed by atoms with Crippen molar-refractivity contribution in [1.82, 2.24) is 15.1 Å². The minimum absolute atomic E-state index is 0.314. The molecule has 2 aromatic heterocycles. The van der Waals surface area contributed by atoms with Crippen LogP contribution in [0.1, 0.15) is 36.2 Å².